The zero-order valence-electron chi connectivity index (χ0n) is 5.99. The predicted molar refractivity (Wildman–Crippen MR) is 46.9 cm³/mol. The van der Waals surface area contributed by atoms with E-state index >= 15 is 0 Å². The Bertz CT molecular complexity index is 218. The van der Waals surface area contributed by atoms with Gasteiger partial charge >= 0.3 is 0 Å². The fourth-order valence-corrected chi connectivity index (χ4v) is 0.834. The molecule has 4 nitrogen and oxygen atoms in total. The molecular weight excluding hydrogens is 160 g/mol. The first-order chi connectivity index (χ1) is 5.29. The molecule has 0 aliphatic heterocycles. The van der Waals surface area contributed by atoms with Crippen molar-refractivity contribution in [1.29, 1.82) is 5.41 Å². The summed E-state index contributed by atoms with van der Waals surface area (Å²) in [6.07, 6.45) is 5.35. The standard InChI is InChI=1S/C6H10N4S/c7-6(11)9-2-4-10-3-1-8-5-10/h1,3,5H,2,4H2,(H3,7,9,11). The quantitative estimate of drug-likeness (QED) is 0.348. The van der Waals surface area contributed by atoms with E-state index in [1.807, 2.05) is 10.8 Å². The molecule has 0 aliphatic carbocycles. The molecular formula is C6H10N4S. The van der Waals surface area contributed by atoms with Crippen LogP contribution in [0, 0.1) is 5.41 Å². The molecule has 0 aliphatic rings. The van der Waals surface area contributed by atoms with Crippen LogP contribution in [-0.4, -0.2) is 21.3 Å². The molecule has 1 aromatic heterocycles. The Morgan fingerprint density at radius 3 is 3.09 bits per heavy atom. The number of imidazole rings is 1. The van der Waals surface area contributed by atoms with Crippen molar-refractivity contribution in [3.8, 4) is 0 Å². The van der Waals surface area contributed by atoms with Crippen molar-refractivity contribution in [3.05, 3.63) is 18.7 Å². The van der Waals surface area contributed by atoms with Crippen LogP contribution in [-0.2, 0) is 6.54 Å². The van der Waals surface area contributed by atoms with Crippen molar-refractivity contribution in [2.24, 2.45) is 0 Å². The second-order valence-electron chi connectivity index (χ2n) is 2.08. The SMILES string of the molecule is N=C(S)NCCn1ccnc1. The van der Waals surface area contributed by atoms with Crippen LogP contribution < -0.4 is 5.32 Å². The topological polar surface area (TPSA) is 53.7 Å². The van der Waals surface area contributed by atoms with E-state index < -0.39 is 0 Å². The first kappa shape index (κ1) is 8.13. The van der Waals surface area contributed by atoms with Crippen LogP contribution in [0.4, 0.5) is 0 Å². The van der Waals surface area contributed by atoms with Gasteiger partial charge in [-0.25, -0.2) is 4.98 Å². The van der Waals surface area contributed by atoms with Crippen LogP contribution in [0.25, 0.3) is 0 Å². The average molecular weight is 170 g/mol. The number of rotatable bonds is 3. The Kier molecular flexibility index (Phi) is 2.97. The molecule has 0 atom stereocenters. The molecule has 0 bridgehead atoms. The number of hydrogen-bond donors (Lipinski definition) is 3. The highest BCUT2D eigenvalue weighted by molar-refractivity contribution is 7.96. The summed E-state index contributed by atoms with van der Waals surface area (Å²) in [5.41, 5.74) is 0. The maximum atomic E-state index is 6.95. The minimum absolute atomic E-state index is 0.199. The molecule has 1 rings (SSSR count). The summed E-state index contributed by atoms with van der Waals surface area (Å²) in [5, 5.41) is 9.93. The van der Waals surface area contributed by atoms with E-state index in [2.05, 4.69) is 22.9 Å². The lowest BCUT2D eigenvalue weighted by molar-refractivity contribution is 0.675. The second kappa shape index (κ2) is 4.02. The van der Waals surface area contributed by atoms with Crippen LogP contribution in [0.3, 0.4) is 0 Å². The van der Waals surface area contributed by atoms with Crippen LogP contribution in [0.2, 0.25) is 0 Å². The van der Waals surface area contributed by atoms with Gasteiger partial charge in [0.2, 0.25) is 0 Å². The average Bonchev–Trinajstić information content (AvgIpc) is 2.39. The summed E-state index contributed by atoms with van der Waals surface area (Å²) >= 11 is 3.78. The monoisotopic (exact) mass is 170 g/mol. The van der Waals surface area contributed by atoms with Gasteiger partial charge in [-0.1, -0.05) is 0 Å². The number of hydrogen-bond acceptors (Lipinski definition) is 2. The lowest BCUT2D eigenvalue weighted by atomic mass is 10.6. The second-order valence-corrected chi connectivity index (χ2v) is 2.52. The van der Waals surface area contributed by atoms with Crippen molar-refractivity contribution in [2.75, 3.05) is 6.54 Å². The number of amidine groups is 1. The van der Waals surface area contributed by atoms with Crippen molar-refractivity contribution in [2.45, 2.75) is 6.54 Å². The van der Waals surface area contributed by atoms with Gasteiger partial charge in [0, 0.05) is 25.5 Å². The third-order valence-corrected chi connectivity index (χ3v) is 1.38. The number of nitrogens with zero attached hydrogens (tertiary/aromatic N) is 2. The van der Waals surface area contributed by atoms with E-state index in [0.29, 0.717) is 6.54 Å². The molecule has 0 unspecified atom stereocenters. The Morgan fingerprint density at radius 2 is 2.55 bits per heavy atom. The summed E-state index contributed by atoms with van der Waals surface area (Å²) in [4.78, 5) is 3.88. The summed E-state index contributed by atoms with van der Waals surface area (Å²) in [6.45, 7) is 1.52. The van der Waals surface area contributed by atoms with Crippen LogP contribution in [0.15, 0.2) is 18.7 Å². The molecule has 0 saturated carbocycles. The number of nitrogens with one attached hydrogen (secondary N) is 2. The predicted octanol–water partition coefficient (Wildman–Crippen LogP) is 0.337. The first-order valence-corrected chi connectivity index (χ1v) is 3.71. The van der Waals surface area contributed by atoms with Gasteiger partial charge in [0.1, 0.15) is 0 Å². The van der Waals surface area contributed by atoms with Crippen LogP contribution in [0.1, 0.15) is 0 Å². The third-order valence-electron chi connectivity index (χ3n) is 1.22. The van der Waals surface area contributed by atoms with Gasteiger partial charge < -0.3 is 9.88 Å². The maximum Gasteiger partial charge on any atom is 0.150 e. The summed E-state index contributed by atoms with van der Waals surface area (Å²) in [6, 6.07) is 0. The Labute approximate surface area is 70.6 Å². The largest absolute Gasteiger partial charge is 0.364 e. The van der Waals surface area contributed by atoms with Gasteiger partial charge in [-0.3, -0.25) is 5.41 Å². The molecule has 1 heterocycles. The lowest BCUT2D eigenvalue weighted by Gasteiger charge is -2.02. The highest BCUT2D eigenvalue weighted by Crippen LogP contribution is 1.83. The van der Waals surface area contributed by atoms with Gasteiger partial charge in [0.05, 0.1) is 6.33 Å². The van der Waals surface area contributed by atoms with Crippen LogP contribution >= 0.6 is 12.6 Å². The molecule has 0 saturated heterocycles. The van der Waals surface area contributed by atoms with Crippen molar-refractivity contribution < 1.29 is 0 Å². The van der Waals surface area contributed by atoms with Gasteiger partial charge in [0.15, 0.2) is 5.17 Å². The number of thiol groups is 1. The van der Waals surface area contributed by atoms with Crippen molar-refractivity contribution in [3.63, 3.8) is 0 Å². The van der Waals surface area contributed by atoms with Gasteiger partial charge in [-0.15, -0.1) is 12.6 Å². The van der Waals surface area contributed by atoms with Gasteiger partial charge in [-0.2, -0.15) is 0 Å². The molecule has 0 amide bonds. The lowest BCUT2D eigenvalue weighted by Crippen LogP contribution is -2.22. The highest BCUT2D eigenvalue weighted by Gasteiger charge is 1.89. The summed E-state index contributed by atoms with van der Waals surface area (Å²) in [7, 11) is 0. The molecule has 0 radical (unpaired) electrons. The van der Waals surface area contributed by atoms with E-state index in [9.17, 15) is 0 Å². The van der Waals surface area contributed by atoms with Crippen molar-refractivity contribution in [1.82, 2.24) is 14.9 Å². The Hall–Kier alpha value is -0.970. The molecule has 1 aromatic rings. The minimum atomic E-state index is 0.199. The van der Waals surface area contributed by atoms with E-state index in [0.717, 1.165) is 6.54 Å². The normalized spacial score (nSPS) is 9.55. The van der Waals surface area contributed by atoms with E-state index in [4.69, 9.17) is 5.41 Å². The van der Waals surface area contributed by atoms with Crippen molar-refractivity contribution >= 4 is 17.8 Å². The fraction of sp³-hybridized carbons (Fsp3) is 0.333. The molecule has 0 spiro atoms. The first-order valence-electron chi connectivity index (χ1n) is 3.26. The van der Waals surface area contributed by atoms with Gasteiger partial charge in [0.25, 0.3) is 0 Å². The Balaban J connectivity index is 2.19. The zero-order chi connectivity index (χ0) is 8.10. The van der Waals surface area contributed by atoms with E-state index in [-0.39, 0.29) is 5.17 Å². The molecule has 11 heavy (non-hydrogen) atoms. The summed E-state index contributed by atoms with van der Waals surface area (Å²) in [5.74, 6) is 0. The molecule has 60 valence electrons. The Morgan fingerprint density at radius 1 is 1.73 bits per heavy atom. The van der Waals surface area contributed by atoms with Crippen LogP contribution in [0.5, 0.6) is 0 Å². The smallest absolute Gasteiger partial charge is 0.150 e. The molecule has 5 heteroatoms. The molecule has 0 aromatic carbocycles. The highest BCUT2D eigenvalue weighted by atomic mass is 32.1. The zero-order valence-corrected chi connectivity index (χ0v) is 6.88. The maximum absolute atomic E-state index is 6.95. The van der Waals surface area contributed by atoms with E-state index in [1.165, 1.54) is 0 Å². The van der Waals surface area contributed by atoms with E-state index in [1.54, 1.807) is 12.5 Å². The third kappa shape index (κ3) is 3.08. The summed E-state index contributed by atoms with van der Waals surface area (Å²) < 4.78 is 1.93. The molecule has 0 fully saturated rings. The fourth-order valence-electron chi connectivity index (χ4n) is 0.722. The minimum Gasteiger partial charge on any atom is -0.364 e. The number of aromatic nitrogens is 2. The molecule has 2 N–H and O–H groups in total. The van der Waals surface area contributed by atoms with Gasteiger partial charge in [-0.05, 0) is 0 Å².